The second-order valence-electron chi connectivity index (χ2n) is 9.31. The third-order valence-electron chi connectivity index (χ3n) is 7.36. The summed E-state index contributed by atoms with van der Waals surface area (Å²) in [5.41, 5.74) is 2.25. The van der Waals surface area contributed by atoms with Crippen LogP contribution in [0.3, 0.4) is 0 Å². The lowest BCUT2D eigenvalue weighted by molar-refractivity contribution is -0.123. The number of rotatable bonds is 5. The van der Waals surface area contributed by atoms with Gasteiger partial charge in [-0.3, -0.25) is 4.79 Å². The molecule has 1 aromatic carbocycles. The van der Waals surface area contributed by atoms with Crippen molar-refractivity contribution in [2.45, 2.75) is 63.8 Å². The molecule has 3 aliphatic rings. The lowest BCUT2D eigenvalue weighted by Gasteiger charge is -2.44. The first-order valence-corrected chi connectivity index (χ1v) is 11.9. The van der Waals surface area contributed by atoms with E-state index in [4.69, 9.17) is 9.15 Å². The maximum atomic E-state index is 12.4. The highest BCUT2D eigenvalue weighted by Gasteiger charge is 2.32. The van der Waals surface area contributed by atoms with Gasteiger partial charge in [-0.1, -0.05) is 6.42 Å². The van der Waals surface area contributed by atoms with Gasteiger partial charge < -0.3 is 19.4 Å². The fourth-order valence-corrected chi connectivity index (χ4v) is 5.78. The van der Waals surface area contributed by atoms with E-state index >= 15 is 0 Å². The Hall–Kier alpha value is -2.34. The van der Waals surface area contributed by atoms with Gasteiger partial charge in [0.25, 0.3) is 5.91 Å². The third kappa shape index (κ3) is 4.36. The summed E-state index contributed by atoms with van der Waals surface area (Å²) in [6, 6.07) is 6.18. The van der Waals surface area contributed by atoms with Crippen molar-refractivity contribution in [2.24, 2.45) is 5.92 Å². The molecule has 2 aliphatic heterocycles. The van der Waals surface area contributed by atoms with Gasteiger partial charge in [0.1, 0.15) is 11.3 Å². The molecule has 2 aromatic rings. The van der Waals surface area contributed by atoms with Gasteiger partial charge in [-0.25, -0.2) is 4.79 Å². The normalized spacial score (nSPS) is 23.7. The van der Waals surface area contributed by atoms with Gasteiger partial charge in [-0.15, -0.1) is 0 Å². The fraction of sp³-hybridized carbons (Fsp3) is 0.600. The van der Waals surface area contributed by atoms with Crippen molar-refractivity contribution >= 4 is 16.9 Å². The fourth-order valence-electron chi connectivity index (χ4n) is 5.78. The van der Waals surface area contributed by atoms with Gasteiger partial charge in [0.05, 0.1) is 0 Å². The minimum absolute atomic E-state index is 0.0260. The van der Waals surface area contributed by atoms with Crippen molar-refractivity contribution in [2.75, 3.05) is 26.2 Å². The Balaban J connectivity index is 1.19. The number of hydrogen-bond donors (Lipinski definition) is 1. The standard InChI is InChI=1S/C25H32N2O4/c28-24(26-15-17-6-5-13-27-12-4-3-9-22(17)27)16-30-18-10-11-20-19-7-1-2-8-21(19)25(29)31-23(20)14-18/h10-11,14,17,22H,1-9,12-13,15-16H2,(H,26,28)/t17-,22-/m1/s1. The van der Waals surface area contributed by atoms with Gasteiger partial charge in [0.2, 0.25) is 0 Å². The van der Waals surface area contributed by atoms with E-state index in [2.05, 4.69) is 10.2 Å². The highest BCUT2D eigenvalue weighted by atomic mass is 16.5. The zero-order valence-electron chi connectivity index (χ0n) is 18.2. The molecule has 3 heterocycles. The quantitative estimate of drug-likeness (QED) is 0.745. The van der Waals surface area contributed by atoms with Crippen LogP contribution < -0.4 is 15.7 Å². The number of hydrogen-bond acceptors (Lipinski definition) is 5. The van der Waals surface area contributed by atoms with Crippen molar-refractivity contribution in [3.63, 3.8) is 0 Å². The summed E-state index contributed by atoms with van der Waals surface area (Å²) in [7, 11) is 0. The van der Waals surface area contributed by atoms with E-state index in [0.29, 0.717) is 23.3 Å². The summed E-state index contributed by atoms with van der Waals surface area (Å²) in [6.07, 6.45) is 10.1. The largest absolute Gasteiger partial charge is 0.484 e. The van der Waals surface area contributed by atoms with Crippen LogP contribution in [0.2, 0.25) is 0 Å². The van der Waals surface area contributed by atoms with Gasteiger partial charge in [-0.2, -0.15) is 0 Å². The van der Waals surface area contributed by atoms with E-state index in [1.54, 1.807) is 6.07 Å². The first kappa shape index (κ1) is 20.6. The zero-order valence-corrected chi connectivity index (χ0v) is 18.2. The molecule has 0 unspecified atom stereocenters. The van der Waals surface area contributed by atoms with Crippen molar-refractivity contribution in [1.82, 2.24) is 10.2 Å². The van der Waals surface area contributed by atoms with Crippen molar-refractivity contribution in [1.29, 1.82) is 0 Å². The molecule has 0 spiro atoms. The smallest absolute Gasteiger partial charge is 0.339 e. The van der Waals surface area contributed by atoms with E-state index in [0.717, 1.165) is 48.7 Å². The maximum Gasteiger partial charge on any atom is 0.339 e. The Kier molecular flexibility index (Phi) is 5.99. The van der Waals surface area contributed by atoms with Gasteiger partial charge in [0.15, 0.2) is 6.61 Å². The van der Waals surface area contributed by atoms with E-state index < -0.39 is 0 Å². The molecular weight excluding hydrogens is 392 g/mol. The summed E-state index contributed by atoms with van der Waals surface area (Å²) >= 11 is 0. The number of benzene rings is 1. The molecule has 6 heteroatoms. The average molecular weight is 425 g/mol. The number of carbonyl (C=O) groups is 1. The number of nitrogens with one attached hydrogen (secondary N) is 1. The number of aryl methyl sites for hydroxylation is 1. The summed E-state index contributed by atoms with van der Waals surface area (Å²) in [5.74, 6) is 0.997. The van der Waals surface area contributed by atoms with E-state index in [1.807, 2.05) is 12.1 Å². The van der Waals surface area contributed by atoms with Crippen molar-refractivity contribution < 1.29 is 13.9 Å². The topological polar surface area (TPSA) is 71.8 Å². The average Bonchev–Trinajstić information content (AvgIpc) is 2.81. The van der Waals surface area contributed by atoms with E-state index in [9.17, 15) is 9.59 Å². The molecule has 1 amide bonds. The molecule has 1 aromatic heterocycles. The third-order valence-corrected chi connectivity index (χ3v) is 7.36. The molecule has 2 atom stereocenters. The van der Waals surface area contributed by atoms with Crippen LogP contribution in [0.4, 0.5) is 0 Å². The molecule has 2 fully saturated rings. The number of nitrogens with zero attached hydrogens (tertiary/aromatic N) is 1. The van der Waals surface area contributed by atoms with Crippen LogP contribution in [0.1, 0.15) is 56.1 Å². The Morgan fingerprint density at radius 3 is 2.81 bits per heavy atom. The molecule has 1 aliphatic carbocycles. The Bertz CT molecular complexity index is 1010. The van der Waals surface area contributed by atoms with Crippen LogP contribution in [0, 0.1) is 5.92 Å². The van der Waals surface area contributed by atoms with Gasteiger partial charge >= 0.3 is 5.63 Å². The van der Waals surface area contributed by atoms with Crippen LogP contribution in [-0.2, 0) is 17.6 Å². The molecule has 2 saturated heterocycles. The van der Waals surface area contributed by atoms with Crippen molar-refractivity contribution in [3.8, 4) is 5.75 Å². The van der Waals surface area contributed by atoms with Gasteiger partial charge in [-0.05, 0) is 88.1 Å². The second kappa shape index (κ2) is 9.03. The van der Waals surface area contributed by atoms with Gasteiger partial charge in [0, 0.05) is 29.6 Å². The molecule has 0 bridgehead atoms. The Labute approximate surface area is 182 Å². The van der Waals surface area contributed by atoms with Crippen LogP contribution in [0.5, 0.6) is 5.75 Å². The van der Waals surface area contributed by atoms with E-state index in [-0.39, 0.29) is 18.1 Å². The minimum Gasteiger partial charge on any atom is -0.484 e. The number of ether oxygens (including phenoxy) is 1. The Morgan fingerprint density at radius 1 is 1.06 bits per heavy atom. The van der Waals surface area contributed by atoms with Crippen LogP contribution >= 0.6 is 0 Å². The molecule has 166 valence electrons. The number of piperidine rings is 2. The first-order valence-electron chi connectivity index (χ1n) is 11.9. The zero-order chi connectivity index (χ0) is 21.2. The molecule has 1 N–H and O–H groups in total. The predicted molar refractivity (Wildman–Crippen MR) is 120 cm³/mol. The maximum absolute atomic E-state index is 12.4. The molecule has 0 radical (unpaired) electrons. The second-order valence-corrected chi connectivity index (χ2v) is 9.31. The lowest BCUT2D eigenvalue weighted by atomic mass is 9.83. The monoisotopic (exact) mass is 424 g/mol. The highest BCUT2D eigenvalue weighted by molar-refractivity contribution is 5.83. The number of amides is 1. The molecule has 6 nitrogen and oxygen atoms in total. The number of fused-ring (bicyclic) bond motifs is 4. The first-order chi connectivity index (χ1) is 15.2. The molecular formula is C25H32N2O4. The molecule has 31 heavy (non-hydrogen) atoms. The summed E-state index contributed by atoms with van der Waals surface area (Å²) < 4.78 is 11.3. The summed E-state index contributed by atoms with van der Waals surface area (Å²) in [6.45, 7) is 3.11. The predicted octanol–water partition coefficient (Wildman–Crippen LogP) is 3.43. The lowest BCUT2D eigenvalue weighted by Crippen LogP contribution is -2.51. The van der Waals surface area contributed by atoms with Crippen LogP contribution in [-0.4, -0.2) is 43.1 Å². The number of carbonyl (C=O) groups excluding carboxylic acids is 1. The van der Waals surface area contributed by atoms with Crippen molar-refractivity contribution in [3.05, 3.63) is 39.7 Å². The Morgan fingerprint density at radius 2 is 1.90 bits per heavy atom. The summed E-state index contributed by atoms with van der Waals surface area (Å²) in [4.78, 5) is 27.3. The van der Waals surface area contributed by atoms with Crippen LogP contribution in [0.15, 0.2) is 27.4 Å². The minimum atomic E-state index is -0.235. The van der Waals surface area contributed by atoms with Crippen LogP contribution in [0.25, 0.3) is 11.0 Å². The molecule has 5 rings (SSSR count). The highest BCUT2D eigenvalue weighted by Crippen LogP contribution is 2.31. The summed E-state index contributed by atoms with van der Waals surface area (Å²) in [5, 5.41) is 4.07. The van der Waals surface area contributed by atoms with E-state index in [1.165, 1.54) is 45.2 Å². The molecule has 0 saturated carbocycles. The SMILES string of the molecule is O=C(COc1ccc2c3c(c(=O)oc2c1)CCCC3)NC[C@H]1CCCN2CCCC[C@H]12.